The lowest BCUT2D eigenvalue weighted by atomic mass is 9.56. The number of hydrogen-bond acceptors (Lipinski definition) is 3. The number of likely N-dealkylation sites (N-methyl/N-ethyl adjacent to an activating group) is 1. The number of nitriles is 1. The summed E-state index contributed by atoms with van der Waals surface area (Å²) in [5.41, 5.74) is -1.36. The normalized spacial score (nSPS) is 25.5. The van der Waals surface area contributed by atoms with Crippen molar-refractivity contribution in [2.75, 3.05) is 13.6 Å². The van der Waals surface area contributed by atoms with Crippen molar-refractivity contribution in [3.63, 3.8) is 0 Å². The van der Waals surface area contributed by atoms with Crippen LogP contribution in [0.1, 0.15) is 19.4 Å². The summed E-state index contributed by atoms with van der Waals surface area (Å²) in [6.07, 6.45) is 3.24. The molecule has 0 saturated carbocycles. The maximum absolute atomic E-state index is 13.9. The van der Waals surface area contributed by atoms with E-state index in [0.29, 0.717) is 17.7 Å². The van der Waals surface area contributed by atoms with E-state index < -0.39 is 16.6 Å². The van der Waals surface area contributed by atoms with Gasteiger partial charge < -0.3 is 4.90 Å². The van der Waals surface area contributed by atoms with Gasteiger partial charge in [-0.05, 0) is 43.2 Å². The molecule has 0 N–H and O–H groups in total. The summed E-state index contributed by atoms with van der Waals surface area (Å²) in [6.45, 7) is 3.79. The standard InChI is InChI=1S/C19H17FN2O2/c1-18(2)15-7-8-22(3)17(24)19(15,10-12(11-21)16(18)23)13-5-4-6-14(20)9-13/h4-7,9-10H,8H2,1-3H3/t19-/m0/s1. The zero-order valence-electron chi connectivity index (χ0n) is 13.8. The molecule has 1 atom stereocenters. The van der Waals surface area contributed by atoms with Crippen LogP contribution in [0.4, 0.5) is 4.39 Å². The van der Waals surface area contributed by atoms with Crippen molar-refractivity contribution < 1.29 is 14.0 Å². The van der Waals surface area contributed by atoms with Crippen LogP contribution >= 0.6 is 0 Å². The molecule has 4 nitrogen and oxygen atoms in total. The second-order valence-corrected chi connectivity index (χ2v) is 6.75. The number of ketones is 1. The van der Waals surface area contributed by atoms with E-state index in [9.17, 15) is 19.2 Å². The monoisotopic (exact) mass is 324 g/mol. The Labute approximate surface area is 139 Å². The lowest BCUT2D eigenvalue weighted by Gasteiger charge is -2.47. The first-order valence-corrected chi connectivity index (χ1v) is 7.65. The molecule has 3 rings (SSSR count). The Hall–Kier alpha value is -2.74. The summed E-state index contributed by atoms with van der Waals surface area (Å²) in [4.78, 5) is 27.3. The van der Waals surface area contributed by atoms with Gasteiger partial charge >= 0.3 is 0 Å². The lowest BCUT2D eigenvalue weighted by Crippen LogP contribution is -2.55. The van der Waals surface area contributed by atoms with Crippen molar-refractivity contribution >= 4 is 11.7 Å². The van der Waals surface area contributed by atoms with Crippen LogP contribution in [-0.4, -0.2) is 30.2 Å². The highest BCUT2D eigenvalue weighted by Gasteiger charge is 2.56. The first kappa shape index (κ1) is 16.1. The fourth-order valence-electron chi connectivity index (χ4n) is 3.70. The van der Waals surface area contributed by atoms with Crippen molar-refractivity contribution in [1.29, 1.82) is 5.26 Å². The summed E-state index contributed by atoms with van der Waals surface area (Å²) < 4.78 is 13.9. The van der Waals surface area contributed by atoms with Crippen molar-refractivity contribution in [1.82, 2.24) is 4.90 Å². The predicted octanol–water partition coefficient (Wildman–Crippen LogP) is 2.52. The highest BCUT2D eigenvalue weighted by atomic mass is 19.1. The van der Waals surface area contributed by atoms with Crippen molar-refractivity contribution in [2.24, 2.45) is 5.41 Å². The Morgan fingerprint density at radius 2 is 2.00 bits per heavy atom. The van der Waals surface area contributed by atoms with Gasteiger partial charge in [0, 0.05) is 13.6 Å². The van der Waals surface area contributed by atoms with Gasteiger partial charge in [-0.15, -0.1) is 0 Å². The third-order valence-corrected chi connectivity index (χ3v) is 4.93. The van der Waals surface area contributed by atoms with Gasteiger partial charge in [0.1, 0.15) is 17.3 Å². The predicted molar refractivity (Wildman–Crippen MR) is 86.3 cm³/mol. The van der Waals surface area contributed by atoms with Crippen LogP contribution in [0.25, 0.3) is 0 Å². The van der Waals surface area contributed by atoms with Gasteiger partial charge in [-0.2, -0.15) is 5.26 Å². The Morgan fingerprint density at radius 3 is 2.62 bits per heavy atom. The largest absolute Gasteiger partial charge is 0.341 e. The third kappa shape index (κ3) is 1.96. The lowest BCUT2D eigenvalue weighted by molar-refractivity contribution is -0.134. The van der Waals surface area contributed by atoms with Crippen LogP contribution in [0, 0.1) is 22.6 Å². The number of benzene rings is 1. The van der Waals surface area contributed by atoms with E-state index in [1.165, 1.54) is 29.2 Å². The summed E-state index contributed by atoms with van der Waals surface area (Å²) in [5, 5.41) is 9.39. The average molecular weight is 324 g/mol. The molecule has 2 aliphatic rings. The fraction of sp³-hybridized carbons (Fsp3) is 0.316. The maximum Gasteiger partial charge on any atom is 0.241 e. The molecule has 0 spiro atoms. The number of rotatable bonds is 1. The van der Waals surface area contributed by atoms with Gasteiger partial charge in [-0.25, -0.2) is 4.39 Å². The molecule has 0 fully saturated rings. The first-order chi connectivity index (χ1) is 11.2. The van der Waals surface area contributed by atoms with Crippen molar-refractivity contribution in [3.05, 3.63) is 58.9 Å². The Morgan fingerprint density at radius 1 is 1.29 bits per heavy atom. The number of nitrogens with zero attached hydrogens (tertiary/aromatic N) is 2. The fourth-order valence-corrected chi connectivity index (χ4v) is 3.70. The number of fused-ring (bicyclic) bond motifs is 1. The molecule has 0 radical (unpaired) electrons. The molecule has 1 aromatic carbocycles. The van der Waals surface area contributed by atoms with Gasteiger partial charge in [0.25, 0.3) is 0 Å². The molecule has 0 bridgehead atoms. The number of amides is 1. The number of halogens is 1. The highest BCUT2D eigenvalue weighted by molar-refractivity contribution is 6.11. The van der Waals surface area contributed by atoms with Crippen LogP contribution in [0.3, 0.4) is 0 Å². The SMILES string of the molecule is CN1CC=C2C(C)(C)C(=O)C(C#N)=C[C@@]2(c2cccc(F)c2)C1=O. The molecule has 5 heteroatoms. The first-order valence-electron chi connectivity index (χ1n) is 7.65. The molecule has 1 aromatic rings. The second-order valence-electron chi connectivity index (χ2n) is 6.75. The van der Waals surface area contributed by atoms with Crippen LogP contribution in [0.15, 0.2) is 47.6 Å². The van der Waals surface area contributed by atoms with E-state index in [1.807, 2.05) is 12.1 Å². The van der Waals surface area contributed by atoms with E-state index >= 15 is 0 Å². The van der Waals surface area contributed by atoms with Gasteiger partial charge in [0.2, 0.25) is 5.91 Å². The van der Waals surface area contributed by atoms with Gasteiger partial charge in [0.05, 0.1) is 11.0 Å². The summed E-state index contributed by atoms with van der Waals surface area (Å²) in [6, 6.07) is 7.69. The smallest absolute Gasteiger partial charge is 0.241 e. The topological polar surface area (TPSA) is 61.2 Å². The summed E-state index contributed by atoms with van der Waals surface area (Å²) in [7, 11) is 1.65. The molecular formula is C19H17FN2O2. The molecule has 0 aromatic heterocycles. The zero-order valence-corrected chi connectivity index (χ0v) is 13.8. The minimum Gasteiger partial charge on any atom is -0.341 e. The quantitative estimate of drug-likeness (QED) is 0.746. The number of allylic oxidation sites excluding steroid dienone is 1. The average Bonchev–Trinajstić information content (AvgIpc) is 2.54. The molecule has 1 aliphatic carbocycles. The maximum atomic E-state index is 13.9. The van der Waals surface area contributed by atoms with Gasteiger partial charge in [-0.3, -0.25) is 9.59 Å². The molecule has 24 heavy (non-hydrogen) atoms. The minimum atomic E-state index is -1.32. The van der Waals surface area contributed by atoms with E-state index in [-0.39, 0.29) is 17.3 Å². The third-order valence-electron chi connectivity index (χ3n) is 4.93. The van der Waals surface area contributed by atoms with E-state index in [1.54, 1.807) is 27.0 Å². The molecule has 0 saturated heterocycles. The number of hydrogen-bond donors (Lipinski definition) is 0. The van der Waals surface area contributed by atoms with Crippen molar-refractivity contribution in [2.45, 2.75) is 19.3 Å². The molecular weight excluding hydrogens is 307 g/mol. The highest BCUT2D eigenvalue weighted by Crippen LogP contribution is 2.51. The molecule has 1 aliphatic heterocycles. The van der Waals surface area contributed by atoms with Crippen LogP contribution < -0.4 is 0 Å². The number of Topliss-reactive ketones (excluding diaryl/α,β-unsaturated/α-hetero) is 1. The van der Waals surface area contributed by atoms with Gasteiger partial charge in [-0.1, -0.05) is 18.2 Å². The Balaban J connectivity index is 2.43. The molecule has 122 valence electrons. The molecule has 1 heterocycles. The summed E-state index contributed by atoms with van der Waals surface area (Å²) in [5.74, 6) is -1.05. The summed E-state index contributed by atoms with van der Waals surface area (Å²) >= 11 is 0. The van der Waals surface area contributed by atoms with Crippen LogP contribution in [0.5, 0.6) is 0 Å². The number of carbonyl (C=O) groups excluding carboxylic acids is 2. The van der Waals surface area contributed by atoms with Crippen molar-refractivity contribution in [3.8, 4) is 6.07 Å². The van der Waals surface area contributed by atoms with E-state index in [2.05, 4.69) is 0 Å². The Kier molecular flexibility index (Phi) is 3.45. The van der Waals surface area contributed by atoms with E-state index in [4.69, 9.17) is 0 Å². The molecule has 1 amide bonds. The second kappa shape index (κ2) is 5.13. The van der Waals surface area contributed by atoms with E-state index in [0.717, 1.165) is 0 Å². The number of carbonyl (C=O) groups is 2. The zero-order chi connectivity index (χ0) is 17.7. The minimum absolute atomic E-state index is 0.0648. The van der Waals surface area contributed by atoms with Crippen LogP contribution in [0.2, 0.25) is 0 Å². The van der Waals surface area contributed by atoms with Gasteiger partial charge in [0.15, 0.2) is 5.78 Å². The molecule has 0 unspecified atom stereocenters. The Bertz CT molecular complexity index is 860. The van der Waals surface area contributed by atoms with Crippen LogP contribution in [-0.2, 0) is 15.0 Å².